The maximum atomic E-state index is 7.28. The molecule has 0 N–H and O–H groups in total. The molecule has 0 aromatic heterocycles. The van der Waals surface area contributed by atoms with E-state index < -0.39 is 30.5 Å². The van der Waals surface area contributed by atoms with Crippen molar-refractivity contribution in [3.63, 3.8) is 0 Å². The number of aryl methyl sites for hydroxylation is 2. The predicted octanol–water partition coefficient (Wildman–Crippen LogP) is 9.85. The van der Waals surface area contributed by atoms with Gasteiger partial charge in [0.15, 0.2) is 0 Å². The normalized spacial score (nSPS) is 20.1. The maximum absolute atomic E-state index is 7.28. The molecule has 8 rings (SSSR count). The van der Waals surface area contributed by atoms with Crippen LogP contribution in [0.25, 0.3) is 0 Å². The molecule has 5 atom stereocenters. The van der Waals surface area contributed by atoms with E-state index in [4.69, 9.17) is 23.7 Å². The molecule has 1 saturated heterocycles. The second kappa shape index (κ2) is 18.9. The Morgan fingerprint density at radius 2 is 1.04 bits per heavy atom. The fraction of sp³-hybridized carbons (Fsp3) is 0.294. The largest absolute Gasteiger partial charge is 0.377 e. The first kappa shape index (κ1) is 38.8. The lowest BCUT2D eigenvalue weighted by Crippen LogP contribution is -2.58. The zero-order valence-corrected chi connectivity index (χ0v) is 33.0. The van der Waals surface area contributed by atoms with Crippen LogP contribution in [-0.4, -0.2) is 45.1 Å². The van der Waals surface area contributed by atoms with E-state index in [2.05, 4.69) is 104 Å². The molecule has 0 radical (unpaired) electrons. The molecular weight excluding hydrogens is 707 g/mol. The third kappa shape index (κ3) is 9.90. The van der Waals surface area contributed by atoms with E-state index >= 15 is 0 Å². The van der Waals surface area contributed by atoms with Crippen molar-refractivity contribution in [3.8, 4) is 0 Å². The number of hydrogen-bond acceptors (Lipinski definition) is 6. The Morgan fingerprint density at radius 3 is 1.56 bits per heavy atom. The SMILES string of the molecule is CN(C)c1ccc([C@@H]2O[C@H](COCc3ccccc3)[C@@H](OCc3ccccc3)[C@H](OCc3ccccc3)[C@H]2OCc2ccccc2)cc1Cc1ccc2c(c1)CC2. The lowest BCUT2D eigenvalue weighted by atomic mass is 9.85. The van der Waals surface area contributed by atoms with Gasteiger partial charge in [0.25, 0.3) is 0 Å². The fourth-order valence-corrected chi connectivity index (χ4v) is 8.00. The van der Waals surface area contributed by atoms with Gasteiger partial charge in [-0.2, -0.15) is 0 Å². The monoisotopic (exact) mass is 759 g/mol. The molecule has 1 aliphatic heterocycles. The summed E-state index contributed by atoms with van der Waals surface area (Å²) in [5, 5.41) is 0. The summed E-state index contributed by atoms with van der Waals surface area (Å²) >= 11 is 0. The molecule has 6 aromatic carbocycles. The first-order valence-corrected chi connectivity index (χ1v) is 20.2. The Labute approximate surface area is 338 Å². The first-order chi connectivity index (χ1) is 28.1. The van der Waals surface area contributed by atoms with Crippen LogP contribution in [0, 0.1) is 0 Å². The maximum Gasteiger partial charge on any atom is 0.117 e. The van der Waals surface area contributed by atoms with Crippen LogP contribution >= 0.6 is 0 Å². The van der Waals surface area contributed by atoms with Crippen molar-refractivity contribution in [2.75, 3.05) is 25.6 Å². The van der Waals surface area contributed by atoms with Gasteiger partial charge in [-0.25, -0.2) is 0 Å². The quantitative estimate of drug-likeness (QED) is 0.0924. The van der Waals surface area contributed by atoms with E-state index in [1.54, 1.807) is 0 Å². The molecule has 0 bridgehead atoms. The van der Waals surface area contributed by atoms with Crippen molar-refractivity contribution in [2.45, 2.75) is 76.2 Å². The second-order valence-electron chi connectivity index (χ2n) is 15.4. The number of ether oxygens (including phenoxy) is 5. The molecule has 6 heteroatoms. The molecular formula is C51H53NO5. The fourth-order valence-electron chi connectivity index (χ4n) is 8.00. The zero-order valence-electron chi connectivity index (χ0n) is 33.0. The minimum atomic E-state index is -0.505. The van der Waals surface area contributed by atoms with Crippen LogP contribution in [0.2, 0.25) is 0 Å². The molecule has 0 saturated carbocycles. The highest BCUT2D eigenvalue weighted by Gasteiger charge is 2.49. The van der Waals surface area contributed by atoms with E-state index in [0.29, 0.717) is 33.0 Å². The van der Waals surface area contributed by atoms with Gasteiger partial charge in [0.05, 0.1) is 33.0 Å². The van der Waals surface area contributed by atoms with Gasteiger partial charge in [-0.1, -0.05) is 152 Å². The molecule has 1 aliphatic carbocycles. The van der Waals surface area contributed by atoms with Gasteiger partial charge in [0.2, 0.25) is 0 Å². The average molecular weight is 760 g/mol. The zero-order chi connectivity index (χ0) is 38.8. The summed E-state index contributed by atoms with van der Waals surface area (Å²) in [7, 11) is 4.22. The Morgan fingerprint density at radius 1 is 0.509 bits per heavy atom. The predicted molar refractivity (Wildman–Crippen MR) is 226 cm³/mol. The molecule has 6 nitrogen and oxygen atoms in total. The van der Waals surface area contributed by atoms with Crippen LogP contribution < -0.4 is 4.90 Å². The Kier molecular flexibility index (Phi) is 12.9. The number of anilines is 1. The number of rotatable bonds is 17. The number of fused-ring (bicyclic) bond motifs is 1. The average Bonchev–Trinajstić information content (AvgIpc) is 3.24. The van der Waals surface area contributed by atoms with Gasteiger partial charge in [0.1, 0.15) is 30.5 Å². The van der Waals surface area contributed by atoms with E-state index in [-0.39, 0.29) is 0 Å². The molecule has 2 aliphatic rings. The third-order valence-corrected chi connectivity index (χ3v) is 11.1. The third-order valence-electron chi connectivity index (χ3n) is 11.1. The lowest BCUT2D eigenvalue weighted by molar-refractivity contribution is -0.275. The van der Waals surface area contributed by atoms with Crippen LogP contribution in [0.15, 0.2) is 158 Å². The van der Waals surface area contributed by atoms with Crippen LogP contribution in [0.3, 0.4) is 0 Å². The number of nitrogens with zero attached hydrogens (tertiary/aromatic N) is 1. The highest BCUT2D eigenvalue weighted by molar-refractivity contribution is 5.56. The summed E-state index contributed by atoms with van der Waals surface area (Å²) in [5.41, 5.74) is 12.1. The second-order valence-corrected chi connectivity index (χ2v) is 15.4. The van der Waals surface area contributed by atoms with Crippen LogP contribution in [0.4, 0.5) is 5.69 Å². The lowest BCUT2D eigenvalue weighted by Gasteiger charge is -2.46. The molecule has 0 amide bonds. The van der Waals surface area contributed by atoms with Gasteiger partial charge in [0, 0.05) is 19.8 Å². The van der Waals surface area contributed by atoms with Crippen molar-refractivity contribution in [1.29, 1.82) is 0 Å². The summed E-state index contributed by atoms with van der Waals surface area (Å²) in [6, 6.07) is 54.9. The number of benzene rings is 6. The highest BCUT2D eigenvalue weighted by atomic mass is 16.6. The van der Waals surface area contributed by atoms with Crippen molar-refractivity contribution in [2.24, 2.45) is 0 Å². The summed E-state index contributed by atoms with van der Waals surface area (Å²) in [6.07, 6.45) is 0.735. The Balaban J connectivity index is 1.18. The summed E-state index contributed by atoms with van der Waals surface area (Å²) < 4.78 is 34.7. The summed E-state index contributed by atoms with van der Waals surface area (Å²) in [4.78, 5) is 2.20. The topological polar surface area (TPSA) is 49.4 Å². The van der Waals surface area contributed by atoms with E-state index in [0.717, 1.165) is 40.7 Å². The smallest absolute Gasteiger partial charge is 0.117 e. The molecule has 0 spiro atoms. The summed E-state index contributed by atoms with van der Waals surface area (Å²) in [5.74, 6) is 0. The van der Waals surface area contributed by atoms with Gasteiger partial charge < -0.3 is 28.6 Å². The van der Waals surface area contributed by atoms with Crippen molar-refractivity contribution in [1.82, 2.24) is 0 Å². The van der Waals surface area contributed by atoms with Crippen LogP contribution in [0.1, 0.15) is 56.2 Å². The molecule has 1 fully saturated rings. The Bertz CT molecular complexity index is 2140. The van der Waals surface area contributed by atoms with Crippen molar-refractivity contribution in [3.05, 3.63) is 208 Å². The molecule has 1 heterocycles. The van der Waals surface area contributed by atoms with Crippen LogP contribution in [-0.2, 0) is 69.4 Å². The van der Waals surface area contributed by atoms with Gasteiger partial charge in [-0.3, -0.25) is 0 Å². The van der Waals surface area contributed by atoms with Gasteiger partial charge in [-0.15, -0.1) is 0 Å². The molecule has 6 aromatic rings. The van der Waals surface area contributed by atoms with Gasteiger partial charge in [-0.05, 0) is 75.4 Å². The standard InChI is InChI=1S/C51H53NO5/c1-52(2)46-28-27-44(31-45(46)30-41-23-24-42-25-26-43(42)29-41)48-50(55-34-39-19-11-5-12-20-39)51(56-35-40-21-13-6-14-22-40)49(54-33-38-17-9-4-10-18-38)47(57-48)36-53-32-37-15-7-3-8-16-37/h3-24,27-29,31,47-51H,25-26,30,32-36H2,1-2H3/t47-,48+,49-,50+,51+/m1/s1. The van der Waals surface area contributed by atoms with E-state index in [9.17, 15) is 0 Å². The number of hydrogen-bond donors (Lipinski definition) is 0. The Hall–Kier alpha value is -5.08. The molecule has 292 valence electrons. The minimum Gasteiger partial charge on any atom is -0.377 e. The van der Waals surface area contributed by atoms with Gasteiger partial charge >= 0.3 is 0 Å². The van der Waals surface area contributed by atoms with Crippen molar-refractivity contribution < 1.29 is 23.7 Å². The molecule has 57 heavy (non-hydrogen) atoms. The van der Waals surface area contributed by atoms with Crippen molar-refractivity contribution >= 4 is 5.69 Å². The van der Waals surface area contributed by atoms with Crippen LogP contribution in [0.5, 0.6) is 0 Å². The van der Waals surface area contributed by atoms with E-state index in [1.165, 1.54) is 34.4 Å². The molecule has 0 unspecified atom stereocenters. The highest BCUT2D eigenvalue weighted by Crippen LogP contribution is 2.40. The summed E-state index contributed by atoms with van der Waals surface area (Å²) in [6.45, 7) is 1.97. The first-order valence-electron chi connectivity index (χ1n) is 20.2. The van der Waals surface area contributed by atoms with E-state index in [1.807, 2.05) is 72.8 Å². The minimum absolute atomic E-state index is 0.319.